The van der Waals surface area contributed by atoms with E-state index in [0.717, 1.165) is 29.2 Å². The molecular formula is C19H19N3O4. The molecule has 1 saturated carbocycles. The molecule has 0 atom stereocenters. The number of methoxy groups -OCH3 is 1. The molecule has 1 aliphatic rings. The Kier molecular flexibility index (Phi) is 4.12. The summed E-state index contributed by atoms with van der Waals surface area (Å²) in [5.41, 5.74) is 2.11. The molecule has 1 aliphatic carbocycles. The third-order valence-corrected chi connectivity index (χ3v) is 4.30. The van der Waals surface area contributed by atoms with Gasteiger partial charge in [-0.15, -0.1) is 0 Å². The Morgan fingerprint density at radius 1 is 1.15 bits per heavy atom. The van der Waals surface area contributed by atoms with Crippen molar-refractivity contribution in [2.75, 3.05) is 19.0 Å². The second-order valence-electron chi connectivity index (χ2n) is 6.30. The zero-order valence-corrected chi connectivity index (χ0v) is 14.3. The molecule has 134 valence electrons. The van der Waals surface area contributed by atoms with Crippen molar-refractivity contribution >= 4 is 39.6 Å². The van der Waals surface area contributed by atoms with Gasteiger partial charge in [0.25, 0.3) is 0 Å². The van der Waals surface area contributed by atoms with Gasteiger partial charge in [0.2, 0.25) is 5.91 Å². The zero-order valence-electron chi connectivity index (χ0n) is 14.3. The highest BCUT2D eigenvalue weighted by atomic mass is 16.5. The summed E-state index contributed by atoms with van der Waals surface area (Å²) in [6, 6.07) is 11.2. The van der Waals surface area contributed by atoms with Gasteiger partial charge in [-0.2, -0.15) is 0 Å². The molecule has 0 unspecified atom stereocenters. The van der Waals surface area contributed by atoms with Crippen molar-refractivity contribution in [2.45, 2.75) is 18.9 Å². The standard InChI is InChI=1S/C19H19N3O4/c1-25-17-8-13-12-4-2-3-5-15(12)26-16(13)9-14(17)20-10-18(23)22-19(24)21-11-6-7-11/h2-5,8-9,11,20H,6-7,10H2,1H3,(H2,21,22,23,24). The molecule has 3 amide bonds. The maximum Gasteiger partial charge on any atom is 0.321 e. The summed E-state index contributed by atoms with van der Waals surface area (Å²) in [5, 5.41) is 9.95. The summed E-state index contributed by atoms with van der Waals surface area (Å²) >= 11 is 0. The average Bonchev–Trinajstić information content (AvgIpc) is 3.37. The van der Waals surface area contributed by atoms with Gasteiger partial charge in [0, 0.05) is 22.9 Å². The number of ether oxygens (including phenoxy) is 1. The molecule has 0 bridgehead atoms. The summed E-state index contributed by atoms with van der Waals surface area (Å²) in [5.74, 6) is 0.175. The van der Waals surface area contributed by atoms with Crippen molar-refractivity contribution < 1.29 is 18.7 Å². The van der Waals surface area contributed by atoms with Gasteiger partial charge in [-0.25, -0.2) is 4.79 Å². The number of fused-ring (bicyclic) bond motifs is 3. The molecule has 1 aromatic heterocycles. The van der Waals surface area contributed by atoms with Gasteiger partial charge in [0.05, 0.1) is 19.3 Å². The minimum Gasteiger partial charge on any atom is -0.495 e. The van der Waals surface area contributed by atoms with Gasteiger partial charge < -0.3 is 19.8 Å². The fourth-order valence-electron chi connectivity index (χ4n) is 2.85. The zero-order chi connectivity index (χ0) is 18.1. The largest absolute Gasteiger partial charge is 0.495 e. The Bertz CT molecular complexity index is 991. The van der Waals surface area contributed by atoms with Gasteiger partial charge in [-0.1, -0.05) is 18.2 Å². The summed E-state index contributed by atoms with van der Waals surface area (Å²) in [6.07, 6.45) is 1.93. The van der Waals surface area contributed by atoms with Crippen molar-refractivity contribution in [1.82, 2.24) is 10.6 Å². The van der Waals surface area contributed by atoms with E-state index in [1.807, 2.05) is 30.3 Å². The van der Waals surface area contributed by atoms with E-state index in [9.17, 15) is 9.59 Å². The molecule has 0 spiro atoms. The van der Waals surface area contributed by atoms with Crippen LogP contribution < -0.4 is 20.7 Å². The Morgan fingerprint density at radius 2 is 1.96 bits per heavy atom. The van der Waals surface area contributed by atoms with Crippen LogP contribution in [-0.2, 0) is 4.79 Å². The third-order valence-electron chi connectivity index (χ3n) is 4.30. The van der Waals surface area contributed by atoms with E-state index in [4.69, 9.17) is 9.15 Å². The van der Waals surface area contributed by atoms with Crippen LogP contribution in [0.2, 0.25) is 0 Å². The van der Waals surface area contributed by atoms with E-state index in [0.29, 0.717) is 17.0 Å². The average molecular weight is 353 g/mol. The molecule has 0 radical (unpaired) electrons. The van der Waals surface area contributed by atoms with Gasteiger partial charge in [0.1, 0.15) is 16.9 Å². The number of urea groups is 1. The number of para-hydroxylation sites is 1. The van der Waals surface area contributed by atoms with Crippen LogP contribution in [0.3, 0.4) is 0 Å². The number of hydrogen-bond donors (Lipinski definition) is 3. The molecule has 1 heterocycles. The lowest BCUT2D eigenvalue weighted by Gasteiger charge is -2.11. The van der Waals surface area contributed by atoms with E-state index < -0.39 is 11.9 Å². The predicted molar refractivity (Wildman–Crippen MR) is 98.5 cm³/mol. The van der Waals surface area contributed by atoms with Gasteiger partial charge in [-0.3, -0.25) is 10.1 Å². The lowest BCUT2D eigenvalue weighted by Crippen LogP contribution is -2.42. The Morgan fingerprint density at radius 3 is 2.73 bits per heavy atom. The van der Waals surface area contributed by atoms with E-state index in [1.54, 1.807) is 13.2 Å². The second kappa shape index (κ2) is 6.59. The lowest BCUT2D eigenvalue weighted by atomic mass is 10.1. The van der Waals surface area contributed by atoms with E-state index in [-0.39, 0.29) is 12.6 Å². The molecule has 7 heteroatoms. The number of rotatable bonds is 5. The summed E-state index contributed by atoms with van der Waals surface area (Å²) in [4.78, 5) is 23.5. The van der Waals surface area contributed by atoms with Crippen LogP contribution in [0.25, 0.3) is 21.9 Å². The molecular weight excluding hydrogens is 334 g/mol. The first-order valence-electron chi connectivity index (χ1n) is 8.47. The van der Waals surface area contributed by atoms with E-state index in [2.05, 4.69) is 16.0 Å². The number of hydrogen-bond acceptors (Lipinski definition) is 5. The highest BCUT2D eigenvalue weighted by molar-refractivity contribution is 6.06. The molecule has 0 saturated heterocycles. The van der Waals surface area contributed by atoms with Crippen molar-refractivity contribution in [3.05, 3.63) is 36.4 Å². The smallest absolute Gasteiger partial charge is 0.321 e. The van der Waals surface area contributed by atoms with Gasteiger partial charge >= 0.3 is 6.03 Å². The van der Waals surface area contributed by atoms with E-state index >= 15 is 0 Å². The van der Waals surface area contributed by atoms with Crippen LogP contribution >= 0.6 is 0 Å². The molecule has 3 aromatic rings. The van der Waals surface area contributed by atoms with E-state index in [1.165, 1.54) is 0 Å². The number of carbonyl (C=O) groups excluding carboxylic acids is 2. The van der Waals surface area contributed by atoms with Crippen molar-refractivity contribution in [1.29, 1.82) is 0 Å². The summed E-state index contributed by atoms with van der Waals surface area (Å²) in [7, 11) is 1.57. The van der Waals surface area contributed by atoms with Crippen LogP contribution in [0.4, 0.5) is 10.5 Å². The minimum absolute atomic E-state index is 0.0554. The fraction of sp³-hybridized carbons (Fsp3) is 0.263. The monoisotopic (exact) mass is 353 g/mol. The van der Waals surface area contributed by atoms with Crippen LogP contribution in [0, 0.1) is 0 Å². The van der Waals surface area contributed by atoms with Crippen molar-refractivity contribution in [3.63, 3.8) is 0 Å². The second-order valence-corrected chi connectivity index (χ2v) is 6.30. The first kappa shape index (κ1) is 16.3. The number of anilines is 1. The number of benzene rings is 2. The van der Waals surface area contributed by atoms with Crippen LogP contribution in [0.1, 0.15) is 12.8 Å². The highest BCUT2D eigenvalue weighted by Crippen LogP contribution is 2.36. The first-order valence-corrected chi connectivity index (χ1v) is 8.47. The maximum absolute atomic E-state index is 11.9. The normalized spacial score (nSPS) is 13.6. The number of carbonyl (C=O) groups is 2. The van der Waals surface area contributed by atoms with Crippen LogP contribution in [0.15, 0.2) is 40.8 Å². The third kappa shape index (κ3) is 3.28. The summed E-state index contributed by atoms with van der Waals surface area (Å²) in [6.45, 7) is -0.0554. The number of amides is 3. The molecule has 4 rings (SSSR count). The van der Waals surface area contributed by atoms with Crippen molar-refractivity contribution in [3.8, 4) is 5.75 Å². The maximum atomic E-state index is 11.9. The molecule has 0 aliphatic heterocycles. The molecule has 3 N–H and O–H groups in total. The summed E-state index contributed by atoms with van der Waals surface area (Å²) < 4.78 is 11.3. The Hall–Kier alpha value is -3.22. The van der Waals surface area contributed by atoms with Gasteiger partial charge in [0.15, 0.2) is 0 Å². The lowest BCUT2D eigenvalue weighted by molar-refractivity contribution is -0.118. The SMILES string of the molecule is COc1cc2c(cc1NCC(=O)NC(=O)NC1CC1)oc1ccccc12. The molecule has 2 aromatic carbocycles. The quantitative estimate of drug-likeness (QED) is 0.656. The fourth-order valence-corrected chi connectivity index (χ4v) is 2.85. The van der Waals surface area contributed by atoms with Crippen molar-refractivity contribution in [2.24, 2.45) is 0 Å². The molecule has 26 heavy (non-hydrogen) atoms. The predicted octanol–water partition coefficient (Wildman–Crippen LogP) is 2.99. The Balaban J connectivity index is 1.50. The number of nitrogens with one attached hydrogen (secondary N) is 3. The molecule has 1 fully saturated rings. The first-order chi connectivity index (χ1) is 12.6. The topological polar surface area (TPSA) is 92.6 Å². The van der Waals surface area contributed by atoms with Crippen LogP contribution in [-0.4, -0.2) is 31.6 Å². The number of furan rings is 1. The highest BCUT2D eigenvalue weighted by Gasteiger charge is 2.23. The number of imide groups is 1. The Labute approximate surface area is 149 Å². The van der Waals surface area contributed by atoms with Crippen LogP contribution in [0.5, 0.6) is 5.75 Å². The molecule has 7 nitrogen and oxygen atoms in total. The minimum atomic E-state index is -0.459. The van der Waals surface area contributed by atoms with Gasteiger partial charge in [-0.05, 0) is 25.0 Å².